The van der Waals surface area contributed by atoms with Gasteiger partial charge in [-0.15, -0.1) is 12.4 Å². The van der Waals surface area contributed by atoms with Gasteiger partial charge in [0.05, 0.1) is 12.2 Å². The van der Waals surface area contributed by atoms with Crippen LogP contribution in [-0.2, 0) is 17.8 Å². The molecule has 5 heteroatoms. The largest absolute Gasteiger partial charge is 0.480 e. The molecule has 1 aliphatic rings. The van der Waals surface area contributed by atoms with E-state index in [2.05, 4.69) is 11.1 Å². The van der Waals surface area contributed by atoms with Crippen molar-refractivity contribution in [1.29, 1.82) is 0 Å². The minimum atomic E-state index is -0.774. The molecular weight excluding hydrogens is 216 g/mol. The molecule has 1 aromatic heterocycles. The average Bonchev–Trinajstić information content (AvgIpc) is 2.17. The summed E-state index contributed by atoms with van der Waals surface area (Å²) in [5.41, 5.74) is 2.26. The number of halogens is 1. The summed E-state index contributed by atoms with van der Waals surface area (Å²) in [5, 5.41) is 8.65. The Hall–Kier alpha value is -1.13. The van der Waals surface area contributed by atoms with Crippen LogP contribution in [0, 0.1) is 0 Å². The van der Waals surface area contributed by atoms with Crippen molar-refractivity contribution >= 4 is 18.4 Å². The molecule has 0 aromatic carbocycles. The monoisotopic (exact) mass is 228 g/mol. The van der Waals surface area contributed by atoms with E-state index in [1.54, 1.807) is 6.20 Å². The summed E-state index contributed by atoms with van der Waals surface area (Å²) < 4.78 is 0. The maximum Gasteiger partial charge on any atom is 0.317 e. The molecule has 1 N–H and O–H groups in total. The van der Waals surface area contributed by atoms with Crippen LogP contribution in [0.1, 0.15) is 11.3 Å². The van der Waals surface area contributed by atoms with E-state index < -0.39 is 5.97 Å². The first kappa shape index (κ1) is 11.9. The van der Waals surface area contributed by atoms with E-state index in [0.717, 1.165) is 18.7 Å². The van der Waals surface area contributed by atoms with Crippen LogP contribution in [0.15, 0.2) is 18.3 Å². The van der Waals surface area contributed by atoms with Gasteiger partial charge < -0.3 is 5.11 Å². The molecule has 0 fully saturated rings. The zero-order chi connectivity index (χ0) is 9.97. The summed E-state index contributed by atoms with van der Waals surface area (Å²) in [4.78, 5) is 16.7. The number of pyridine rings is 1. The van der Waals surface area contributed by atoms with E-state index in [9.17, 15) is 4.79 Å². The third-order valence-corrected chi connectivity index (χ3v) is 2.41. The predicted octanol–water partition coefficient (Wildman–Crippen LogP) is 0.946. The Bertz CT molecular complexity index is 357. The topological polar surface area (TPSA) is 53.4 Å². The number of carboxylic acids is 1. The van der Waals surface area contributed by atoms with Crippen molar-refractivity contribution in [3.63, 3.8) is 0 Å². The fourth-order valence-corrected chi connectivity index (χ4v) is 1.74. The van der Waals surface area contributed by atoms with Gasteiger partial charge in [-0.05, 0) is 18.1 Å². The van der Waals surface area contributed by atoms with Crippen molar-refractivity contribution in [2.45, 2.75) is 13.0 Å². The molecule has 82 valence electrons. The Labute approximate surface area is 94.3 Å². The average molecular weight is 229 g/mol. The first-order valence-corrected chi connectivity index (χ1v) is 4.62. The molecule has 15 heavy (non-hydrogen) atoms. The highest BCUT2D eigenvalue weighted by molar-refractivity contribution is 5.85. The molecule has 0 bridgehead atoms. The Kier molecular flexibility index (Phi) is 4.05. The third-order valence-electron chi connectivity index (χ3n) is 2.41. The van der Waals surface area contributed by atoms with Crippen molar-refractivity contribution in [2.75, 3.05) is 13.1 Å². The summed E-state index contributed by atoms with van der Waals surface area (Å²) in [5.74, 6) is -0.774. The van der Waals surface area contributed by atoms with Crippen LogP contribution in [0.5, 0.6) is 0 Å². The second kappa shape index (κ2) is 5.09. The summed E-state index contributed by atoms with van der Waals surface area (Å²) >= 11 is 0. The van der Waals surface area contributed by atoms with Crippen molar-refractivity contribution in [3.8, 4) is 0 Å². The van der Waals surface area contributed by atoms with E-state index in [4.69, 9.17) is 5.11 Å². The highest BCUT2D eigenvalue weighted by Crippen LogP contribution is 2.15. The smallest absolute Gasteiger partial charge is 0.317 e. The molecular formula is C10H13ClN2O2. The SMILES string of the molecule is Cl.O=C(O)CN1CCc2cccnc2C1. The predicted molar refractivity (Wildman–Crippen MR) is 58.1 cm³/mol. The van der Waals surface area contributed by atoms with Crippen LogP contribution in [0.4, 0.5) is 0 Å². The molecule has 0 amide bonds. The number of carboxylic acid groups (broad SMARTS) is 1. The lowest BCUT2D eigenvalue weighted by molar-refractivity contribution is -0.138. The van der Waals surface area contributed by atoms with E-state index in [1.807, 2.05) is 11.0 Å². The number of aliphatic carboxylic acids is 1. The van der Waals surface area contributed by atoms with Crippen LogP contribution in [0.2, 0.25) is 0 Å². The molecule has 0 atom stereocenters. The van der Waals surface area contributed by atoms with Crippen LogP contribution in [-0.4, -0.2) is 34.0 Å². The summed E-state index contributed by atoms with van der Waals surface area (Å²) in [6.45, 7) is 1.57. The summed E-state index contributed by atoms with van der Waals surface area (Å²) in [6, 6.07) is 3.98. The van der Waals surface area contributed by atoms with Gasteiger partial charge in [0.15, 0.2) is 0 Å². The zero-order valence-electron chi connectivity index (χ0n) is 8.22. The van der Waals surface area contributed by atoms with Gasteiger partial charge in [-0.25, -0.2) is 0 Å². The minimum absolute atomic E-state index is 0. The number of hydrogen-bond acceptors (Lipinski definition) is 3. The molecule has 0 aliphatic carbocycles. The molecule has 0 unspecified atom stereocenters. The molecule has 0 saturated carbocycles. The quantitative estimate of drug-likeness (QED) is 0.819. The van der Waals surface area contributed by atoms with Gasteiger partial charge in [0, 0.05) is 19.3 Å². The number of aromatic nitrogens is 1. The maximum absolute atomic E-state index is 10.5. The maximum atomic E-state index is 10.5. The molecule has 0 saturated heterocycles. The molecule has 1 aromatic rings. The van der Waals surface area contributed by atoms with E-state index >= 15 is 0 Å². The number of rotatable bonds is 2. The highest BCUT2D eigenvalue weighted by atomic mass is 35.5. The Morgan fingerprint density at radius 3 is 3.13 bits per heavy atom. The second-order valence-corrected chi connectivity index (χ2v) is 3.46. The first-order valence-electron chi connectivity index (χ1n) is 4.62. The molecule has 2 rings (SSSR count). The fourth-order valence-electron chi connectivity index (χ4n) is 1.74. The number of carbonyl (C=O) groups is 1. The molecule has 0 radical (unpaired) electrons. The Balaban J connectivity index is 0.00000112. The lowest BCUT2D eigenvalue weighted by Gasteiger charge is -2.25. The number of nitrogens with zero attached hydrogens (tertiary/aromatic N) is 2. The number of hydrogen-bond donors (Lipinski definition) is 1. The zero-order valence-corrected chi connectivity index (χ0v) is 9.04. The normalized spacial score (nSPS) is 15.2. The van der Waals surface area contributed by atoms with Crippen molar-refractivity contribution in [1.82, 2.24) is 9.88 Å². The first-order chi connectivity index (χ1) is 6.75. The standard InChI is InChI=1S/C10H12N2O2.ClH/c13-10(14)7-12-5-3-8-2-1-4-11-9(8)6-12;/h1-2,4H,3,5-7H2,(H,13,14);1H. The van der Waals surface area contributed by atoms with E-state index in [1.165, 1.54) is 5.56 Å². The fraction of sp³-hybridized carbons (Fsp3) is 0.400. The van der Waals surface area contributed by atoms with E-state index in [-0.39, 0.29) is 19.0 Å². The lowest BCUT2D eigenvalue weighted by Crippen LogP contribution is -2.35. The van der Waals surface area contributed by atoms with Gasteiger partial charge in [0.25, 0.3) is 0 Å². The van der Waals surface area contributed by atoms with Crippen LogP contribution in [0.3, 0.4) is 0 Å². The lowest BCUT2D eigenvalue weighted by atomic mass is 10.1. The molecule has 0 spiro atoms. The van der Waals surface area contributed by atoms with Crippen LogP contribution >= 0.6 is 12.4 Å². The molecule has 2 heterocycles. The van der Waals surface area contributed by atoms with Gasteiger partial charge in [-0.3, -0.25) is 14.7 Å². The van der Waals surface area contributed by atoms with Gasteiger partial charge in [-0.1, -0.05) is 6.07 Å². The van der Waals surface area contributed by atoms with Crippen molar-refractivity contribution < 1.29 is 9.90 Å². The van der Waals surface area contributed by atoms with Crippen molar-refractivity contribution in [2.24, 2.45) is 0 Å². The third kappa shape index (κ3) is 2.91. The van der Waals surface area contributed by atoms with E-state index in [0.29, 0.717) is 6.54 Å². The highest BCUT2D eigenvalue weighted by Gasteiger charge is 2.18. The Morgan fingerprint density at radius 2 is 2.40 bits per heavy atom. The van der Waals surface area contributed by atoms with Gasteiger partial charge in [0.1, 0.15) is 0 Å². The molecule has 4 nitrogen and oxygen atoms in total. The molecule has 1 aliphatic heterocycles. The Morgan fingerprint density at radius 1 is 1.60 bits per heavy atom. The van der Waals surface area contributed by atoms with Gasteiger partial charge in [0.2, 0.25) is 0 Å². The van der Waals surface area contributed by atoms with Gasteiger partial charge >= 0.3 is 5.97 Å². The van der Waals surface area contributed by atoms with Crippen LogP contribution < -0.4 is 0 Å². The second-order valence-electron chi connectivity index (χ2n) is 3.46. The minimum Gasteiger partial charge on any atom is -0.480 e. The van der Waals surface area contributed by atoms with Gasteiger partial charge in [-0.2, -0.15) is 0 Å². The van der Waals surface area contributed by atoms with Crippen LogP contribution in [0.25, 0.3) is 0 Å². The summed E-state index contributed by atoms with van der Waals surface area (Å²) in [7, 11) is 0. The van der Waals surface area contributed by atoms with Crippen molar-refractivity contribution in [3.05, 3.63) is 29.6 Å². The summed E-state index contributed by atoms with van der Waals surface area (Å²) in [6.07, 6.45) is 2.65. The number of fused-ring (bicyclic) bond motifs is 1.